The summed E-state index contributed by atoms with van der Waals surface area (Å²) in [6, 6.07) is 0.446. The minimum absolute atomic E-state index is 0.446. The number of rotatable bonds is 5. The summed E-state index contributed by atoms with van der Waals surface area (Å²) in [5, 5.41) is 4.51. The maximum Gasteiger partial charge on any atom is 0.150 e. The summed E-state index contributed by atoms with van der Waals surface area (Å²) in [6.07, 6.45) is 2.02. The van der Waals surface area contributed by atoms with E-state index >= 15 is 0 Å². The van der Waals surface area contributed by atoms with Gasteiger partial charge < -0.3 is 10.6 Å². The molecule has 0 fully saturated rings. The molecule has 4 nitrogen and oxygen atoms in total. The molecular weight excluding hydrogens is 212 g/mol. The molecule has 98 valence electrons. The lowest BCUT2D eigenvalue weighted by Crippen LogP contribution is -2.34. The second kappa shape index (κ2) is 5.43. The molecule has 2 N–H and O–H groups in total. The van der Waals surface area contributed by atoms with Gasteiger partial charge in [0.15, 0.2) is 0 Å². The van der Waals surface area contributed by atoms with E-state index in [0.717, 1.165) is 30.0 Å². The van der Waals surface area contributed by atoms with Gasteiger partial charge in [-0.1, -0.05) is 27.2 Å². The standard InChI is InChI=1S/C13H26N4/c1-7-8-11-12(14)13(17(6)15-11)16(5)10(4)9(2)3/h9-10H,7-8,14H2,1-6H3. The van der Waals surface area contributed by atoms with Gasteiger partial charge in [-0.25, -0.2) is 0 Å². The molecule has 1 atom stereocenters. The normalized spacial score (nSPS) is 13.1. The summed E-state index contributed by atoms with van der Waals surface area (Å²) < 4.78 is 1.90. The number of nitrogens with zero attached hydrogens (tertiary/aromatic N) is 3. The van der Waals surface area contributed by atoms with E-state index in [1.165, 1.54) is 0 Å². The van der Waals surface area contributed by atoms with Gasteiger partial charge >= 0.3 is 0 Å². The topological polar surface area (TPSA) is 47.1 Å². The maximum atomic E-state index is 6.20. The van der Waals surface area contributed by atoms with Crippen molar-refractivity contribution in [2.24, 2.45) is 13.0 Å². The van der Waals surface area contributed by atoms with E-state index in [-0.39, 0.29) is 0 Å². The largest absolute Gasteiger partial charge is 0.394 e. The molecule has 0 saturated carbocycles. The van der Waals surface area contributed by atoms with Crippen LogP contribution in [0, 0.1) is 5.92 Å². The van der Waals surface area contributed by atoms with Crippen LogP contribution in [0.4, 0.5) is 11.5 Å². The fourth-order valence-corrected chi connectivity index (χ4v) is 2.07. The second-order valence-corrected chi connectivity index (χ2v) is 5.15. The van der Waals surface area contributed by atoms with Gasteiger partial charge in [0.2, 0.25) is 0 Å². The molecular formula is C13H26N4. The minimum Gasteiger partial charge on any atom is -0.394 e. The van der Waals surface area contributed by atoms with Crippen LogP contribution in [0.5, 0.6) is 0 Å². The molecule has 0 spiro atoms. The molecule has 0 aliphatic heterocycles. The van der Waals surface area contributed by atoms with Crippen molar-refractivity contribution < 1.29 is 0 Å². The summed E-state index contributed by atoms with van der Waals surface area (Å²) in [5.41, 5.74) is 8.06. The Morgan fingerprint density at radius 2 is 1.94 bits per heavy atom. The van der Waals surface area contributed by atoms with Gasteiger partial charge in [-0.05, 0) is 19.3 Å². The molecule has 0 aliphatic carbocycles. The van der Waals surface area contributed by atoms with Crippen molar-refractivity contribution in [3.63, 3.8) is 0 Å². The van der Waals surface area contributed by atoms with E-state index in [1.807, 2.05) is 11.7 Å². The fourth-order valence-electron chi connectivity index (χ4n) is 2.07. The average Bonchev–Trinajstić information content (AvgIpc) is 2.53. The number of anilines is 2. The third-order valence-corrected chi connectivity index (χ3v) is 3.53. The number of hydrogen-bond donors (Lipinski definition) is 1. The Hall–Kier alpha value is -1.19. The highest BCUT2D eigenvalue weighted by molar-refractivity contribution is 5.66. The quantitative estimate of drug-likeness (QED) is 0.857. The summed E-state index contributed by atoms with van der Waals surface area (Å²) in [4.78, 5) is 2.23. The third kappa shape index (κ3) is 2.73. The summed E-state index contributed by atoms with van der Waals surface area (Å²) in [5.74, 6) is 1.62. The average molecular weight is 238 g/mol. The fraction of sp³-hybridized carbons (Fsp3) is 0.769. The van der Waals surface area contributed by atoms with Crippen LogP contribution in [-0.2, 0) is 13.5 Å². The lowest BCUT2D eigenvalue weighted by atomic mass is 10.1. The van der Waals surface area contributed by atoms with Crippen LogP contribution in [0.2, 0.25) is 0 Å². The molecule has 1 aromatic heterocycles. The Morgan fingerprint density at radius 3 is 2.41 bits per heavy atom. The van der Waals surface area contributed by atoms with Gasteiger partial charge in [0.1, 0.15) is 5.82 Å². The smallest absolute Gasteiger partial charge is 0.150 e. The molecule has 0 saturated heterocycles. The molecule has 0 bridgehead atoms. The molecule has 0 amide bonds. The zero-order valence-corrected chi connectivity index (χ0v) is 12.0. The molecule has 17 heavy (non-hydrogen) atoms. The summed E-state index contributed by atoms with van der Waals surface area (Å²) in [7, 11) is 4.06. The Bertz CT molecular complexity index is 368. The monoisotopic (exact) mass is 238 g/mol. The molecule has 4 heteroatoms. The van der Waals surface area contributed by atoms with Gasteiger partial charge in [0.05, 0.1) is 11.4 Å². The molecule has 0 aromatic carbocycles. The first-order valence-electron chi connectivity index (χ1n) is 6.44. The number of nitrogens with two attached hydrogens (primary N) is 1. The first-order valence-corrected chi connectivity index (χ1v) is 6.44. The first-order chi connectivity index (χ1) is 7.90. The molecule has 1 aromatic rings. The van der Waals surface area contributed by atoms with Crippen LogP contribution in [0.25, 0.3) is 0 Å². The number of hydrogen-bond acceptors (Lipinski definition) is 3. The highest BCUT2D eigenvalue weighted by atomic mass is 15.4. The van der Waals surface area contributed by atoms with Crippen molar-refractivity contribution >= 4 is 11.5 Å². The van der Waals surface area contributed by atoms with Crippen molar-refractivity contribution in [2.45, 2.75) is 46.6 Å². The molecule has 1 heterocycles. The van der Waals surface area contributed by atoms with E-state index in [0.29, 0.717) is 12.0 Å². The van der Waals surface area contributed by atoms with Crippen molar-refractivity contribution in [2.75, 3.05) is 17.7 Å². The van der Waals surface area contributed by atoms with Crippen LogP contribution >= 0.6 is 0 Å². The maximum absolute atomic E-state index is 6.20. The third-order valence-electron chi connectivity index (χ3n) is 3.53. The Labute approximate surface area is 105 Å². The van der Waals surface area contributed by atoms with E-state index < -0.39 is 0 Å². The van der Waals surface area contributed by atoms with Gasteiger partial charge in [0.25, 0.3) is 0 Å². The van der Waals surface area contributed by atoms with Crippen LogP contribution in [0.1, 0.15) is 39.8 Å². The van der Waals surface area contributed by atoms with E-state index in [4.69, 9.17) is 5.73 Å². The lowest BCUT2D eigenvalue weighted by Gasteiger charge is -2.30. The number of nitrogen functional groups attached to an aromatic ring is 1. The van der Waals surface area contributed by atoms with Gasteiger partial charge in [-0.15, -0.1) is 0 Å². The first kappa shape index (κ1) is 13.9. The van der Waals surface area contributed by atoms with Crippen LogP contribution < -0.4 is 10.6 Å². The number of aromatic nitrogens is 2. The van der Waals surface area contributed by atoms with E-state index in [1.54, 1.807) is 0 Å². The van der Waals surface area contributed by atoms with Crippen LogP contribution in [-0.4, -0.2) is 22.9 Å². The second-order valence-electron chi connectivity index (χ2n) is 5.15. The van der Waals surface area contributed by atoms with Gasteiger partial charge in [-0.3, -0.25) is 4.68 Å². The Balaban J connectivity index is 3.05. The van der Waals surface area contributed by atoms with Crippen LogP contribution in [0.3, 0.4) is 0 Å². The zero-order valence-electron chi connectivity index (χ0n) is 12.0. The Morgan fingerprint density at radius 1 is 1.35 bits per heavy atom. The Kier molecular flexibility index (Phi) is 4.43. The lowest BCUT2D eigenvalue weighted by molar-refractivity contribution is 0.496. The predicted octanol–water partition coefficient (Wildman–Crippen LogP) is 2.44. The molecule has 0 radical (unpaired) electrons. The van der Waals surface area contributed by atoms with Gasteiger partial charge in [-0.2, -0.15) is 5.10 Å². The molecule has 1 rings (SSSR count). The van der Waals surface area contributed by atoms with Crippen LogP contribution in [0.15, 0.2) is 0 Å². The highest BCUT2D eigenvalue weighted by Gasteiger charge is 2.21. The van der Waals surface area contributed by atoms with E-state index in [2.05, 4.69) is 44.7 Å². The van der Waals surface area contributed by atoms with E-state index in [9.17, 15) is 0 Å². The number of aryl methyl sites for hydroxylation is 2. The summed E-state index contributed by atoms with van der Waals surface area (Å²) in [6.45, 7) is 8.81. The predicted molar refractivity (Wildman–Crippen MR) is 74.3 cm³/mol. The summed E-state index contributed by atoms with van der Waals surface area (Å²) >= 11 is 0. The minimum atomic E-state index is 0.446. The highest BCUT2D eigenvalue weighted by Crippen LogP contribution is 2.28. The van der Waals surface area contributed by atoms with Crippen molar-refractivity contribution in [3.05, 3.63) is 5.69 Å². The van der Waals surface area contributed by atoms with Gasteiger partial charge in [0, 0.05) is 20.1 Å². The van der Waals surface area contributed by atoms with Crippen molar-refractivity contribution in [3.8, 4) is 0 Å². The zero-order chi connectivity index (χ0) is 13.2. The molecule has 1 unspecified atom stereocenters. The van der Waals surface area contributed by atoms with Crippen molar-refractivity contribution in [1.82, 2.24) is 9.78 Å². The SMILES string of the molecule is CCCc1nn(C)c(N(C)C(C)C(C)C)c1N. The molecule has 0 aliphatic rings. The van der Waals surface area contributed by atoms with Crippen molar-refractivity contribution in [1.29, 1.82) is 0 Å².